The summed E-state index contributed by atoms with van der Waals surface area (Å²) >= 11 is 0. The van der Waals surface area contributed by atoms with Gasteiger partial charge in [-0.05, 0) is 24.3 Å². The number of nitrogen functional groups attached to an aromatic ring is 1. The van der Waals surface area contributed by atoms with Crippen LogP contribution in [0.2, 0.25) is 0 Å². The molecule has 3 rings (SSSR count). The van der Waals surface area contributed by atoms with Crippen molar-refractivity contribution in [1.82, 2.24) is 14.1 Å². The third-order valence-corrected chi connectivity index (χ3v) is 4.32. The van der Waals surface area contributed by atoms with Crippen molar-refractivity contribution in [2.45, 2.75) is 11.6 Å². The van der Waals surface area contributed by atoms with Gasteiger partial charge in [0.25, 0.3) is 10.0 Å². The first-order valence-electron chi connectivity index (χ1n) is 6.07. The number of furan rings is 1. The fraction of sp³-hybridized carbons (Fsp3) is 0.0833. The Bertz CT molecular complexity index is 854. The molecule has 0 spiro atoms. The molecule has 4 N–H and O–H groups in total. The third-order valence-electron chi connectivity index (χ3n) is 2.89. The van der Waals surface area contributed by atoms with Crippen molar-refractivity contribution in [2.24, 2.45) is 5.84 Å². The van der Waals surface area contributed by atoms with Crippen LogP contribution in [0.3, 0.4) is 0 Å². The smallest absolute Gasteiger partial charge is 0.260 e. The zero-order valence-corrected chi connectivity index (χ0v) is 11.7. The second-order valence-corrected chi connectivity index (χ2v) is 5.92. The van der Waals surface area contributed by atoms with Crippen LogP contribution >= 0.6 is 0 Å². The number of nitrogens with two attached hydrogens (primary N) is 1. The number of rotatable bonds is 5. The molecule has 0 aliphatic carbocycles. The monoisotopic (exact) mass is 307 g/mol. The summed E-state index contributed by atoms with van der Waals surface area (Å²) in [5.74, 6) is 5.95. The fourth-order valence-electron chi connectivity index (χ4n) is 1.97. The molecular formula is C12H13N5O3S. The quantitative estimate of drug-likeness (QED) is 0.472. The molecule has 21 heavy (non-hydrogen) atoms. The van der Waals surface area contributed by atoms with Crippen molar-refractivity contribution in [1.29, 1.82) is 0 Å². The minimum absolute atomic E-state index is 0.0411. The summed E-state index contributed by atoms with van der Waals surface area (Å²) < 4.78 is 33.9. The van der Waals surface area contributed by atoms with E-state index in [1.807, 2.05) is 0 Å². The van der Waals surface area contributed by atoms with Gasteiger partial charge in [0.2, 0.25) is 0 Å². The Labute approximate surface area is 120 Å². The van der Waals surface area contributed by atoms with E-state index in [-0.39, 0.29) is 17.4 Å². The van der Waals surface area contributed by atoms with E-state index in [0.29, 0.717) is 11.4 Å². The van der Waals surface area contributed by atoms with Gasteiger partial charge in [0.15, 0.2) is 10.8 Å². The topological polar surface area (TPSA) is 115 Å². The van der Waals surface area contributed by atoms with Crippen LogP contribution in [-0.4, -0.2) is 17.8 Å². The van der Waals surface area contributed by atoms with Crippen LogP contribution in [0.1, 0.15) is 5.76 Å². The molecule has 0 bridgehead atoms. The normalized spacial score (nSPS) is 11.9. The van der Waals surface area contributed by atoms with Gasteiger partial charge in [-0.25, -0.2) is 24.0 Å². The number of hydrogen-bond donors (Lipinski definition) is 3. The van der Waals surface area contributed by atoms with Gasteiger partial charge in [0, 0.05) is 6.20 Å². The summed E-state index contributed by atoms with van der Waals surface area (Å²) in [5, 5.41) is -0.0489. The van der Waals surface area contributed by atoms with Crippen molar-refractivity contribution < 1.29 is 12.8 Å². The van der Waals surface area contributed by atoms with Crippen molar-refractivity contribution in [3.05, 3.63) is 48.6 Å². The third kappa shape index (κ3) is 2.49. The highest BCUT2D eigenvalue weighted by Crippen LogP contribution is 2.21. The summed E-state index contributed by atoms with van der Waals surface area (Å²) in [6, 6.07) is 8.52. The van der Waals surface area contributed by atoms with Gasteiger partial charge in [0.05, 0.1) is 12.8 Å². The lowest BCUT2D eigenvalue weighted by molar-refractivity contribution is 0.498. The highest BCUT2D eigenvalue weighted by Gasteiger charge is 2.24. The zero-order valence-electron chi connectivity index (χ0n) is 10.9. The molecular weight excluding hydrogens is 294 g/mol. The number of anilines is 1. The predicted molar refractivity (Wildman–Crippen MR) is 75.7 cm³/mol. The molecule has 0 saturated carbocycles. The van der Waals surface area contributed by atoms with Crippen LogP contribution in [0.5, 0.6) is 0 Å². The maximum Gasteiger partial charge on any atom is 0.260 e. The zero-order chi connectivity index (χ0) is 14.9. The van der Waals surface area contributed by atoms with E-state index >= 15 is 0 Å². The summed E-state index contributed by atoms with van der Waals surface area (Å²) in [6.45, 7) is 0.0411. The second-order valence-electron chi connectivity index (χ2n) is 4.24. The number of nitrogens with one attached hydrogen (secondary N) is 2. The molecule has 9 heteroatoms. The van der Waals surface area contributed by atoms with Gasteiger partial charge in [0.1, 0.15) is 11.4 Å². The Morgan fingerprint density at radius 3 is 2.86 bits per heavy atom. The van der Waals surface area contributed by atoms with Crippen LogP contribution < -0.4 is 16.0 Å². The summed E-state index contributed by atoms with van der Waals surface area (Å²) in [4.78, 5) is 4.13. The second kappa shape index (κ2) is 5.20. The van der Waals surface area contributed by atoms with Crippen LogP contribution in [-0.2, 0) is 16.6 Å². The molecule has 8 nitrogen and oxygen atoms in total. The molecule has 0 fully saturated rings. The van der Waals surface area contributed by atoms with Gasteiger partial charge in [-0.1, -0.05) is 6.07 Å². The summed E-state index contributed by atoms with van der Waals surface area (Å²) in [5.41, 5.74) is 2.79. The molecule has 3 aromatic rings. The minimum Gasteiger partial charge on any atom is -0.468 e. The molecule has 110 valence electrons. The van der Waals surface area contributed by atoms with E-state index in [9.17, 15) is 8.42 Å². The summed E-state index contributed by atoms with van der Waals surface area (Å²) in [6.07, 6.45) is 3.08. The van der Waals surface area contributed by atoms with Gasteiger partial charge in [-0.15, -0.1) is 0 Å². The molecule has 0 saturated heterocycles. The molecule has 3 aromatic heterocycles. The first-order valence-corrected chi connectivity index (χ1v) is 7.56. The van der Waals surface area contributed by atoms with E-state index in [1.165, 1.54) is 10.7 Å². The number of hydrogen-bond acceptors (Lipinski definition) is 6. The number of sulfonamides is 1. The maximum atomic E-state index is 12.5. The lowest BCUT2D eigenvalue weighted by Gasteiger charge is -2.07. The Balaban J connectivity index is 2.01. The van der Waals surface area contributed by atoms with Crippen LogP contribution in [0.15, 0.2) is 52.2 Å². The fourth-order valence-corrected chi connectivity index (χ4v) is 3.21. The lowest BCUT2D eigenvalue weighted by Crippen LogP contribution is -2.26. The van der Waals surface area contributed by atoms with E-state index in [2.05, 4.69) is 15.1 Å². The molecule has 3 heterocycles. The van der Waals surface area contributed by atoms with Crippen LogP contribution in [0.25, 0.3) is 5.65 Å². The molecule has 0 atom stereocenters. The Morgan fingerprint density at radius 1 is 1.29 bits per heavy atom. The Morgan fingerprint density at radius 2 is 2.14 bits per heavy atom. The van der Waals surface area contributed by atoms with Crippen molar-refractivity contribution >= 4 is 21.5 Å². The molecule has 0 radical (unpaired) electrons. The highest BCUT2D eigenvalue weighted by atomic mass is 32.2. The van der Waals surface area contributed by atoms with E-state index in [1.54, 1.807) is 36.5 Å². The van der Waals surface area contributed by atoms with Gasteiger partial charge in [-0.3, -0.25) is 4.40 Å². The van der Waals surface area contributed by atoms with Crippen LogP contribution in [0.4, 0.5) is 5.82 Å². The number of hydrazine groups is 1. The Kier molecular flexibility index (Phi) is 3.37. The maximum absolute atomic E-state index is 12.5. The summed E-state index contributed by atoms with van der Waals surface area (Å²) in [7, 11) is -3.81. The van der Waals surface area contributed by atoms with Crippen molar-refractivity contribution in [3.8, 4) is 0 Å². The molecule has 0 aliphatic heterocycles. The predicted octanol–water partition coefficient (Wildman–Crippen LogP) is 0.691. The minimum atomic E-state index is -3.81. The Hall–Kier alpha value is -2.36. The first kappa shape index (κ1) is 13.6. The van der Waals surface area contributed by atoms with E-state index in [0.717, 1.165) is 0 Å². The molecule has 0 amide bonds. The van der Waals surface area contributed by atoms with Crippen LogP contribution in [0, 0.1) is 0 Å². The van der Waals surface area contributed by atoms with Crippen molar-refractivity contribution in [3.63, 3.8) is 0 Å². The SMILES string of the molecule is NNc1nc2ccccn2c1S(=O)(=O)NCc1ccco1. The van der Waals surface area contributed by atoms with Crippen molar-refractivity contribution in [2.75, 3.05) is 5.43 Å². The average Bonchev–Trinajstić information content (AvgIpc) is 3.12. The number of pyridine rings is 1. The number of fused-ring (bicyclic) bond motifs is 1. The largest absolute Gasteiger partial charge is 0.468 e. The van der Waals surface area contributed by atoms with E-state index in [4.69, 9.17) is 10.3 Å². The molecule has 0 unspecified atom stereocenters. The molecule has 0 aliphatic rings. The first-order chi connectivity index (χ1) is 10.1. The number of aromatic nitrogens is 2. The highest BCUT2D eigenvalue weighted by molar-refractivity contribution is 7.89. The van der Waals surface area contributed by atoms with Gasteiger partial charge in [-0.2, -0.15) is 0 Å². The van der Waals surface area contributed by atoms with Gasteiger partial charge < -0.3 is 9.84 Å². The molecule has 0 aromatic carbocycles. The lowest BCUT2D eigenvalue weighted by atomic mass is 10.5. The van der Waals surface area contributed by atoms with Gasteiger partial charge >= 0.3 is 0 Å². The number of imidazole rings is 1. The standard InChI is InChI=1S/C12H13N5O3S/c13-16-11-12(17-6-2-1-5-10(17)15-11)21(18,19)14-8-9-4-3-7-20-9/h1-7,14,16H,8,13H2. The van der Waals surface area contributed by atoms with E-state index < -0.39 is 10.0 Å². The number of nitrogens with zero attached hydrogens (tertiary/aromatic N) is 2. The average molecular weight is 307 g/mol.